The standard InChI is InChI=1S/C13H16NO2/c1-4-6-11-7-8-12(10(3)5-2)9-13(11)14(15)16/h5,7-10H,2-4,6H2,1H3. The van der Waals surface area contributed by atoms with Crippen LogP contribution in [-0.4, -0.2) is 4.92 Å². The highest BCUT2D eigenvalue weighted by Gasteiger charge is 2.15. The minimum atomic E-state index is -0.329. The van der Waals surface area contributed by atoms with E-state index in [1.54, 1.807) is 12.1 Å². The Kier molecular flexibility index (Phi) is 4.23. The number of nitro benzene ring substituents is 1. The predicted octanol–water partition coefficient (Wildman–Crippen LogP) is 3.65. The molecule has 1 unspecified atom stereocenters. The van der Waals surface area contributed by atoms with E-state index in [4.69, 9.17) is 0 Å². The van der Waals surface area contributed by atoms with Crippen molar-refractivity contribution in [2.24, 2.45) is 0 Å². The lowest BCUT2D eigenvalue weighted by atomic mass is 9.97. The molecule has 1 rings (SSSR count). The third-order valence-corrected chi connectivity index (χ3v) is 2.54. The monoisotopic (exact) mass is 218 g/mol. The molecule has 0 heterocycles. The molecule has 0 aliphatic carbocycles. The minimum absolute atomic E-state index is 0.102. The van der Waals surface area contributed by atoms with Crippen LogP contribution in [0.25, 0.3) is 0 Å². The van der Waals surface area contributed by atoms with Crippen molar-refractivity contribution in [1.29, 1.82) is 0 Å². The van der Waals surface area contributed by atoms with E-state index >= 15 is 0 Å². The van der Waals surface area contributed by atoms with E-state index in [1.165, 1.54) is 0 Å². The lowest BCUT2D eigenvalue weighted by molar-refractivity contribution is -0.385. The highest BCUT2D eigenvalue weighted by atomic mass is 16.6. The predicted molar refractivity (Wildman–Crippen MR) is 65.4 cm³/mol. The second kappa shape index (κ2) is 5.45. The molecule has 16 heavy (non-hydrogen) atoms. The summed E-state index contributed by atoms with van der Waals surface area (Å²) in [5.74, 6) is -0.102. The van der Waals surface area contributed by atoms with Gasteiger partial charge in [-0.15, -0.1) is 6.58 Å². The smallest absolute Gasteiger partial charge is 0.258 e. The Morgan fingerprint density at radius 2 is 2.25 bits per heavy atom. The molecule has 1 radical (unpaired) electrons. The van der Waals surface area contributed by atoms with Crippen LogP contribution in [0.4, 0.5) is 5.69 Å². The largest absolute Gasteiger partial charge is 0.272 e. The summed E-state index contributed by atoms with van der Waals surface area (Å²) in [6.07, 6.45) is 3.31. The molecule has 3 heteroatoms. The summed E-state index contributed by atoms with van der Waals surface area (Å²) in [5.41, 5.74) is 1.81. The summed E-state index contributed by atoms with van der Waals surface area (Å²) >= 11 is 0. The third kappa shape index (κ3) is 2.69. The van der Waals surface area contributed by atoms with Crippen LogP contribution in [-0.2, 0) is 6.42 Å². The molecule has 1 atom stereocenters. The van der Waals surface area contributed by atoms with Crippen LogP contribution in [0.1, 0.15) is 30.4 Å². The molecule has 0 N–H and O–H groups in total. The van der Waals surface area contributed by atoms with Crippen LogP contribution < -0.4 is 0 Å². The number of rotatable bonds is 5. The molecule has 0 saturated carbocycles. The van der Waals surface area contributed by atoms with E-state index in [2.05, 4.69) is 13.5 Å². The molecule has 0 bridgehead atoms. The molecule has 0 spiro atoms. The van der Waals surface area contributed by atoms with Crippen molar-refractivity contribution < 1.29 is 4.92 Å². The Morgan fingerprint density at radius 3 is 2.75 bits per heavy atom. The lowest BCUT2D eigenvalue weighted by Crippen LogP contribution is -1.98. The van der Waals surface area contributed by atoms with Crippen LogP contribution in [0.15, 0.2) is 30.9 Å². The van der Waals surface area contributed by atoms with Crippen molar-refractivity contribution in [3.8, 4) is 0 Å². The first-order chi connectivity index (χ1) is 7.60. The summed E-state index contributed by atoms with van der Waals surface area (Å²) < 4.78 is 0. The van der Waals surface area contributed by atoms with Gasteiger partial charge in [-0.25, -0.2) is 0 Å². The molecular weight excluding hydrogens is 202 g/mol. The maximum atomic E-state index is 10.9. The average molecular weight is 218 g/mol. The highest BCUT2D eigenvalue weighted by molar-refractivity contribution is 5.45. The van der Waals surface area contributed by atoms with Gasteiger partial charge in [0.25, 0.3) is 5.69 Å². The van der Waals surface area contributed by atoms with E-state index < -0.39 is 0 Å². The van der Waals surface area contributed by atoms with Crippen molar-refractivity contribution >= 4 is 5.69 Å². The van der Waals surface area contributed by atoms with E-state index in [-0.39, 0.29) is 16.5 Å². The lowest BCUT2D eigenvalue weighted by Gasteiger charge is -2.08. The van der Waals surface area contributed by atoms with Gasteiger partial charge in [0.2, 0.25) is 0 Å². The molecule has 0 amide bonds. The Balaban J connectivity index is 3.16. The summed E-state index contributed by atoms with van der Waals surface area (Å²) in [6.45, 7) is 9.51. The first kappa shape index (κ1) is 12.4. The van der Waals surface area contributed by atoms with Gasteiger partial charge in [-0.1, -0.05) is 31.6 Å². The molecule has 1 aromatic carbocycles. The fourth-order valence-corrected chi connectivity index (χ4v) is 1.60. The van der Waals surface area contributed by atoms with Gasteiger partial charge < -0.3 is 0 Å². The van der Waals surface area contributed by atoms with Crippen molar-refractivity contribution in [2.75, 3.05) is 0 Å². The fourth-order valence-electron chi connectivity index (χ4n) is 1.60. The van der Waals surface area contributed by atoms with Gasteiger partial charge in [-0.05, 0) is 18.9 Å². The van der Waals surface area contributed by atoms with Crippen LogP contribution >= 0.6 is 0 Å². The average Bonchev–Trinajstić information content (AvgIpc) is 2.28. The Hall–Kier alpha value is -1.64. The normalized spacial score (nSPS) is 12.1. The van der Waals surface area contributed by atoms with Gasteiger partial charge in [0, 0.05) is 17.5 Å². The van der Waals surface area contributed by atoms with Gasteiger partial charge in [0.05, 0.1) is 4.92 Å². The Labute approximate surface area is 95.9 Å². The van der Waals surface area contributed by atoms with E-state index in [0.717, 1.165) is 24.0 Å². The number of benzene rings is 1. The first-order valence-corrected chi connectivity index (χ1v) is 5.33. The molecule has 0 aromatic heterocycles. The van der Waals surface area contributed by atoms with Crippen LogP contribution in [0, 0.1) is 17.0 Å². The molecule has 0 saturated heterocycles. The number of nitro groups is 1. The second-order valence-corrected chi connectivity index (χ2v) is 3.74. The number of hydrogen-bond acceptors (Lipinski definition) is 2. The molecule has 1 aromatic rings. The second-order valence-electron chi connectivity index (χ2n) is 3.74. The van der Waals surface area contributed by atoms with Crippen molar-refractivity contribution in [2.45, 2.75) is 25.7 Å². The SMILES string of the molecule is [CH2]C(C=C)c1ccc(CCC)c([N+](=O)[O-])c1. The zero-order chi connectivity index (χ0) is 12.1. The summed E-state index contributed by atoms with van der Waals surface area (Å²) in [4.78, 5) is 10.6. The quantitative estimate of drug-likeness (QED) is 0.430. The molecule has 0 fully saturated rings. The number of nitrogens with zero attached hydrogens (tertiary/aromatic N) is 1. The fraction of sp³-hybridized carbons (Fsp3) is 0.308. The van der Waals surface area contributed by atoms with E-state index in [9.17, 15) is 10.1 Å². The van der Waals surface area contributed by atoms with Gasteiger partial charge in [-0.2, -0.15) is 0 Å². The van der Waals surface area contributed by atoms with E-state index in [0.29, 0.717) is 0 Å². The van der Waals surface area contributed by atoms with E-state index in [1.807, 2.05) is 19.1 Å². The Morgan fingerprint density at radius 1 is 1.56 bits per heavy atom. The van der Waals surface area contributed by atoms with Gasteiger partial charge in [-0.3, -0.25) is 10.1 Å². The topological polar surface area (TPSA) is 43.1 Å². The number of allylic oxidation sites excluding steroid dienone is 1. The minimum Gasteiger partial charge on any atom is -0.258 e. The van der Waals surface area contributed by atoms with Crippen LogP contribution in [0.2, 0.25) is 0 Å². The van der Waals surface area contributed by atoms with Crippen LogP contribution in [0.3, 0.4) is 0 Å². The van der Waals surface area contributed by atoms with Crippen molar-refractivity contribution in [3.05, 3.63) is 59.0 Å². The van der Waals surface area contributed by atoms with Crippen molar-refractivity contribution in [1.82, 2.24) is 0 Å². The molecule has 85 valence electrons. The van der Waals surface area contributed by atoms with Gasteiger partial charge in [0.15, 0.2) is 0 Å². The summed E-state index contributed by atoms with van der Waals surface area (Å²) in [6, 6.07) is 5.31. The summed E-state index contributed by atoms with van der Waals surface area (Å²) in [5, 5.41) is 10.9. The molecule has 0 aliphatic heterocycles. The van der Waals surface area contributed by atoms with Gasteiger partial charge in [0.1, 0.15) is 0 Å². The third-order valence-electron chi connectivity index (χ3n) is 2.54. The zero-order valence-electron chi connectivity index (χ0n) is 9.48. The highest BCUT2D eigenvalue weighted by Crippen LogP contribution is 2.26. The first-order valence-electron chi connectivity index (χ1n) is 5.33. The maximum absolute atomic E-state index is 10.9. The summed E-state index contributed by atoms with van der Waals surface area (Å²) in [7, 11) is 0. The maximum Gasteiger partial charge on any atom is 0.272 e. The van der Waals surface area contributed by atoms with Crippen LogP contribution in [0.5, 0.6) is 0 Å². The number of hydrogen-bond donors (Lipinski definition) is 0. The van der Waals surface area contributed by atoms with Gasteiger partial charge >= 0.3 is 0 Å². The zero-order valence-corrected chi connectivity index (χ0v) is 9.48. The molecule has 0 aliphatic rings. The molecule has 3 nitrogen and oxygen atoms in total. The Bertz CT molecular complexity index is 399. The van der Waals surface area contributed by atoms with Crippen molar-refractivity contribution in [3.63, 3.8) is 0 Å². The molecular formula is C13H16NO2. The number of aryl methyl sites for hydroxylation is 1.